The van der Waals surface area contributed by atoms with Crippen LogP contribution in [0.25, 0.3) is 0 Å². The fraction of sp³-hybridized carbons (Fsp3) is 0.357. The van der Waals surface area contributed by atoms with Crippen LogP contribution >= 0.6 is 0 Å². The second-order valence-electron chi connectivity index (χ2n) is 4.66. The summed E-state index contributed by atoms with van der Waals surface area (Å²) in [6.45, 7) is 0.897. The van der Waals surface area contributed by atoms with Crippen LogP contribution in [0, 0.1) is 11.3 Å². The molecule has 2 amide bonds. The average molecular weight is 273 g/mol. The summed E-state index contributed by atoms with van der Waals surface area (Å²) in [5.41, 5.74) is 1.79. The molecule has 0 radical (unpaired) electrons. The van der Waals surface area contributed by atoms with Crippen LogP contribution < -0.4 is 4.90 Å². The third-order valence-electron chi connectivity index (χ3n) is 3.34. The Morgan fingerprint density at radius 3 is 2.90 bits per heavy atom. The van der Waals surface area contributed by atoms with Gasteiger partial charge in [0.15, 0.2) is 0 Å². The maximum absolute atomic E-state index is 12.3. The molecule has 2 rings (SSSR count). The van der Waals surface area contributed by atoms with Gasteiger partial charge in [0.05, 0.1) is 18.1 Å². The van der Waals surface area contributed by atoms with Crippen molar-refractivity contribution in [3.8, 4) is 6.07 Å². The zero-order chi connectivity index (χ0) is 14.7. The third kappa shape index (κ3) is 2.57. The Kier molecular flexibility index (Phi) is 3.89. The fourth-order valence-electron chi connectivity index (χ4n) is 2.23. The van der Waals surface area contributed by atoms with Gasteiger partial charge in [-0.15, -0.1) is 0 Å². The molecule has 6 heteroatoms. The third-order valence-corrected chi connectivity index (χ3v) is 3.34. The highest BCUT2D eigenvalue weighted by molar-refractivity contribution is 5.96. The molecule has 1 aliphatic heterocycles. The van der Waals surface area contributed by atoms with E-state index in [0.29, 0.717) is 25.2 Å². The number of nitrogens with zero attached hydrogens (tertiary/aromatic N) is 3. The molecule has 0 bridgehead atoms. The Morgan fingerprint density at radius 2 is 2.25 bits per heavy atom. The first-order valence-electron chi connectivity index (χ1n) is 6.30. The lowest BCUT2D eigenvalue weighted by Crippen LogP contribution is -2.40. The van der Waals surface area contributed by atoms with Gasteiger partial charge in [0, 0.05) is 25.8 Å². The van der Waals surface area contributed by atoms with Gasteiger partial charge in [-0.05, 0) is 24.1 Å². The molecule has 0 saturated carbocycles. The number of urea groups is 1. The first-order valence-corrected chi connectivity index (χ1v) is 6.30. The average Bonchev–Trinajstić information content (AvgIpc) is 2.86. The highest BCUT2D eigenvalue weighted by Gasteiger charge is 2.27. The number of fused-ring (bicyclic) bond motifs is 1. The van der Waals surface area contributed by atoms with Crippen molar-refractivity contribution in [2.45, 2.75) is 12.8 Å². The van der Waals surface area contributed by atoms with Gasteiger partial charge >= 0.3 is 12.0 Å². The molecule has 1 aromatic rings. The van der Waals surface area contributed by atoms with E-state index in [9.17, 15) is 9.59 Å². The van der Waals surface area contributed by atoms with Gasteiger partial charge in [0.1, 0.15) is 0 Å². The molecule has 0 fully saturated rings. The predicted molar refractivity (Wildman–Crippen MR) is 72.7 cm³/mol. The van der Waals surface area contributed by atoms with Crippen LogP contribution in [-0.4, -0.2) is 42.1 Å². The molecule has 1 aliphatic rings. The van der Waals surface area contributed by atoms with Crippen LogP contribution in [0.1, 0.15) is 22.3 Å². The van der Waals surface area contributed by atoms with Crippen molar-refractivity contribution in [2.75, 3.05) is 25.0 Å². The van der Waals surface area contributed by atoms with E-state index in [0.717, 1.165) is 5.56 Å². The van der Waals surface area contributed by atoms with E-state index in [4.69, 9.17) is 10.4 Å². The summed E-state index contributed by atoms with van der Waals surface area (Å²) < 4.78 is 0. The van der Waals surface area contributed by atoms with Crippen LogP contribution in [0.3, 0.4) is 0 Å². The molecule has 0 atom stereocenters. The summed E-state index contributed by atoms with van der Waals surface area (Å²) in [7, 11) is 1.64. The molecular formula is C14H15N3O3. The van der Waals surface area contributed by atoms with E-state index in [1.54, 1.807) is 24.1 Å². The highest BCUT2D eigenvalue weighted by atomic mass is 16.4. The number of carbonyl (C=O) groups is 2. The number of amides is 2. The number of benzene rings is 1. The molecule has 0 saturated heterocycles. The first-order chi connectivity index (χ1) is 9.54. The van der Waals surface area contributed by atoms with Crippen molar-refractivity contribution in [3.63, 3.8) is 0 Å². The number of anilines is 1. The zero-order valence-electron chi connectivity index (χ0n) is 11.2. The molecule has 6 nitrogen and oxygen atoms in total. The minimum atomic E-state index is -1.01. The molecule has 1 heterocycles. The Hall–Kier alpha value is -2.55. The van der Waals surface area contributed by atoms with E-state index < -0.39 is 5.97 Å². The predicted octanol–water partition coefficient (Wildman–Crippen LogP) is 1.71. The zero-order valence-corrected chi connectivity index (χ0v) is 11.2. The second kappa shape index (κ2) is 5.61. The molecule has 0 unspecified atom stereocenters. The summed E-state index contributed by atoms with van der Waals surface area (Å²) in [5.74, 6) is -1.01. The van der Waals surface area contributed by atoms with Crippen LogP contribution in [-0.2, 0) is 6.42 Å². The second-order valence-corrected chi connectivity index (χ2v) is 4.66. The van der Waals surface area contributed by atoms with Gasteiger partial charge in [0.25, 0.3) is 0 Å². The molecule has 0 spiro atoms. The number of carbonyl (C=O) groups excluding carboxylic acids is 1. The van der Waals surface area contributed by atoms with Crippen LogP contribution in [0.4, 0.5) is 10.5 Å². The Labute approximate surface area is 116 Å². The lowest BCUT2D eigenvalue weighted by atomic mass is 10.1. The molecule has 104 valence electrons. The molecule has 0 aliphatic carbocycles. The molecule has 1 aromatic carbocycles. The van der Waals surface area contributed by atoms with Gasteiger partial charge in [-0.25, -0.2) is 9.59 Å². The van der Waals surface area contributed by atoms with Gasteiger partial charge < -0.3 is 10.0 Å². The van der Waals surface area contributed by atoms with Crippen molar-refractivity contribution < 1.29 is 14.7 Å². The van der Waals surface area contributed by atoms with Crippen molar-refractivity contribution in [2.24, 2.45) is 0 Å². The summed E-state index contributed by atoms with van der Waals surface area (Å²) in [6, 6.07) is 6.62. The smallest absolute Gasteiger partial charge is 0.335 e. The molecule has 20 heavy (non-hydrogen) atoms. The van der Waals surface area contributed by atoms with E-state index in [1.807, 2.05) is 6.07 Å². The molecule has 0 aromatic heterocycles. The standard InChI is InChI=1S/C14H15N3O3/c1-16(7-2-6-15)14(20)17-8-5-10-3-4-11(13(18)19)9-12(10)17/h3-4,9H,2,5,7-8H2,1H3,(H,18,19). The maximum Gasteiger partial charge on any atom is 0.335 e. The minimum absolute atomic E-state index is 0.170. The van der Waals surface area contributed by atoms with Gasteiger partial charge in [-0.2, -0.15) is 5.26 Å². The lowest BCUT2D eigenvalue weighted by molar-refractivity contribution is 0.0697. The topological polar surface area (TPSA) is 84.6 Å². The summed E-state index contributed by atoms with van der Waals surface area (Å²) >= 11 is 0. The Balaban J connectivity index is 2.22. The normalized spacial score (nSPS) is 12.7. The Bertz CT molecular complexity index is 592. The van der Waals surface area contributed by atoms with Crippen molar-refractivity contribution in [1.29, 1.82) is 5.26 Å². The summed E-state index contributed by atoms with van der Waals surface area (Å²) in [6.07, 6.45) is 0.991. The van der Waals surface area contributed by atoms with Gasteiger partial charge in [0.2, 0.25) is 0 Å². The van der Waals surface area contributed by atoms with Gasteiger partial charge in [-0.3, -0.25) is 4.90 Å². The number of nitriles is 1. The van der Waals surface area contributed by atoms with Crippen molar-refractivity contribution >= 4 is 17.7 Å². The largest absolute Gasteiger partial charge is 0.478 e. The van der Waals surface area contributed by atoms with E-state index in [-0.39, 0.29) is 18.0 Å². The first kappa shape index (κ1) is 13.9. The highest BCUT2D eigenvalue weighted by Crippen LogP contribution is 2.29. The number of hydrogen-bond acceptors (Lipinski definition) is 3. The fourth-order valence-corrected chi connectivity index (χ4v) is 2.23. The lowest BCUT2D eigenvalue weighted by Gasteiger charge is -2.24. The number of aromatic carboxylic acids is 1. The summed E-state index contributed by atoms with van der Waals surface area (Å²) in [5, 5.41) is 17.6. The number of rotatable bonds is 3. The van der Waals surface area contributed by atoms with E-state index in [2.05, 4.69) is 0 Å². The minimum Gasteiger partial charge on any atom is -0.478 e. The number of carboxylic acids is 1. The van der Waals surface area contributed by atoms with Crippen LogP contribution in [0.15, 0.2) is 18.2 Å². The molecule has 1 N–H and O–H groups in total. The van der Waals surface area contributed by atoms with E-state index in [1.165, 1.54) is 11.0 Å². The van der Waals surface area contributed by atoms with Crippen LogP contribution in [0.2, 0.25) is 0 Å². The summed E-state index contributed by atoms with van der Waals surface area (Å²) in [4.78, 5) is 26.3. The SMILES string of the molecule is CN(CCC#N)C(=O)N1CCc2ccc(C(=O)O)cc21. The Morgan fingerprint density at radius 1 is 1.50 bits per heavy atom. The van der Waals surface area contributed by atoms with Crippen LogP contribution in [0.5, 0.6) is 0 Å². The van der Waals surface area contributed by atoms with Crippen molar-refractivity contribution in [1.82, 2.24) is 4.90 Å². The molecular weight excluding hydrogens is 258 g/mol. The van der Waals surface area contributed by atoms with Gasteiger partial charge in [-0.1, -0.05) is 6.07 Å². The van der Waals surface area contributed by atoms with Crippen molar-refractivity contribution in [3.05, 3.63) is 29.3 Å². The number of carboxylic acid groups (broad SMARTS) is 1. The van der Waals surface area contributed by atoms with E-state index >= 15 is 0 Å². The number of hydrogen-bond donors (Lipinski definition) is 1. The maximum atomic E-state index is 12.3. The quantitative estimate of drug-likeness (QED) is 0.908. The monoisotopic (exact) mass is 273 g/mol.